The molecule has 0 aromatic rings. The minimum atomic E-state index is -0.957. The van der Waals surface area contributed by atoms with Gasteiger partial charge in [-0.3, -0.25) is 0 Å². The van der Waals surface area contributed by atoms with E-state index < -0.39 is 5.97 Å². The highest BCUT2D eigenvalue weighted by molar-refractivity contribution is 6.05. The van der Waals surface area contributed by atoms with E-state index in [0.29, 0.717) is 12.8 Å². The maximum atomic E-state index is 10.8. The van der Waals surface area contributed by atoms with Crippen molar-refractivity contribution < 1.29 is 14.6 Å². The molecule has 0 radical (unpaired) electrons. The third-order valence-electron chi connectivity index (χ3n) is 2.74. The highest BCUT2D eigenvalue weighted by Gasteiger charge is 2.23. The van der Waals surface area contributed by atoms with E-state index in [1.807, 2.05) is 0 Å². The van der Waals surface area contributed by atoms with Gasteiger partial charge in [-0.25, -0.2) is 9.79 Å². The molecule has 1 heterocycles. The summed E-state index contributed by atoms with van der Waals surface area (Å²) in [6.45, 7) is 0. The van der Waals surface area contributed by atoms with Crippen LogP contribution in [0.1, 0.15) is 19.3 Å². The highest BCUT2D eigenvalue weighted by Crippen LogP contribution is 2.26. The lowest BCUT2D eigenvalue weighted by Crippen LogP contribution is -2.23. The monoisotopic (exact) mass is 207 g/mol. The summed E-state index contributed by atoms with van der Waals surface area (Å²) in [7, 11) is 1.67. The van der Waals surface area contributed by atoms with Crippen molar-refractivity contribution in [1.29, 1.82) is 0 Å². The largest absolute Gasteiger partial charge is 0.477 e. The molecule has 15 heavy (non-hydrogen) atoms. The molecular weight excluding hydrogens is 194 g/mol. The van der Waals surface area contributed by atoms with E-state index >= 15 is 0 Å². The second kappa shape index (κ2) is 3.98. The van der Waals surface area contributed by atoms with Crippen molar-refractivity contribution >= 4 is 11.7 Å². The van der Waals surface area contributed by atoms with Gasteiger partial charge >= 0.3 is 5.97 Å². The molecule has 0 amide bonds. The topological polar surface area (TPSA) is 58.9 Å². The quantitative estimate of drug-likeness (QED) is 0.747. The highest BCUT2D eigenvalue weighted by atomic mass is 16.5. The van der Waals surface area contributed by atoms with Crippen molar-refractivity contribution in [3.05, 3.63) is 23.4 Å². The Morgan fingerprint density at radius 3 is 3.07 bits per heavy atom. The summed E-state index contributed by atoms with van der Waals surface area (Å²) in [5.74, 6) is -0.957. The number of aliphatic imine (C=N–C) groups is 1. The Kier molecular flexibility index (Phi) is 2.68. The van der Waals surface area contributed by atoms with E-state index in [4.69, 9.17) is 9.84 Å². The SMILES string of the molecule is COC1CC=C2CC=C(C(=O)O)N=C2C1. The van der Waals surface area contributed by atoms with Crippen molar-refractivity contribution in [3.8, 4) is 0 Å². The molecule has 1 unspecified atom stereocenters. The summed E-state index contributed by atoms with van der Waals surface area (Å²) in [6, 6.07) is 0. The number of nitrogens with zero attached hydrogens (tertiary/aromatic N) is 1. The Morgan fingerprint density at radius 1 is 1.60 bits per heavy atom. The molecule has 2 aliphatic rings. The normalized spacial score (nSPS) is 24.9. The third-order valence-corrected chi connectivity index (χ3v) is 2.74. The molecule has 4 nitrogen and oxygen atoms in total. The molecule has 0 saturated heterocycles. The zero-order valence-corrected chi connectivity index (χ0v) is 8.56. The maximum absolute atomic E-state index is 10.8. The molecule has 0 fully saturated rings. The third kappa shape index (κ3) is 1.99. The van der Waals surface area contributed by atoms with Crippen LogP contribution in [0.25, 0.3) is 0 Å². The van der Waals surface area contributed by atoms with Crippen LogP contribution in [0.5, 0.6) is 0 Å². The van der Waals surface area contributed by atoms with Crippen molar-refractivity contribution in [2.75, 3.05) is 7.11 Å². The van der Waals surface area contributed by atoms with Gasteiger partial charge in [0.25, 0.3) is 0 Å². The van der Waals surface area contributed by atoms with E-state index in [9.17, 15) is 4.79 Å². The van der Waals surface area contributed by atoms with Crippen molar-refractivity contribution in [3.63, 3.8) is 0 Å². The number of hydrogen-bond donors (Lipinski definition) is 1. The molecule has 1 aliphatic carbocycles. The Balaban J connectivity index is 2.23. The zero-order chi connectivity index (χ0) is 10.8. The molecule has 0 spiro atoms. The Morgan fingerprint density at radius 2 is 2.40 bits per heavy atom. The standard InChI is InChI=1S/C11H13NO3/c1-15-8-4-2-7-3-5-9(11(13)14)12-10(7)6-8/h2,5,8H,3-4,6H2,1H3,(H,13,14). The number of methoxy groups -OCH3 is 1. The van der Waals surface area contributed by atoms with Gasteiger partial charge in [0, 0.05) is 19.2 Å². The van der Waals surface area contributed by atoms with Crippen LogP contribution in [-0.4, -0.2) is 30.0 Å². The first-order valence-electron chi connectivity index (χ1n) is 4.94. The lowest BCUT2D eigenvalue weighted by atomic mass is 9.91. The van der Waals surface area contributed by atoms with E-state index in [-0.39, 0.29) is 11.8 Å². The van der Waals surface area contributed by atoms with Crippen LogP contribution >= 0.6 is 0 Å². The first kappa shape index (κ1) is 10.1. The van der Waals surface area contributed by atoms with E-state index in [1.165, 1.54) is 0 Å². The fourth-order valence-electron chi connectivity index (χ4n) is 1.85. The average Bonchev–Trinajstić information content (AvgIpc) is 2.27. The van der Waals surface area contributed by atoms with Crippen molar-refractivity contribution in [2.24, 2.45) is 4.99 Å². The summed E-state index contributed by atoms with van der Waals surface area (Å²) in [5.41, 5.74) is 2.17. The summed E-state index contributed by atoms with van der Waals surface area (Å²) < 4.78 is 5.24. The van der Waals surface area contributed by atoms with Gasteiger partial charge in [0.15, 0.2) is 0 Å². The number of carboxylic acid groups (broad SMARTS) is 1. The van der Waals surface area contributed by atoms with Crippen LogP contribution < -0.4 is 0 Å². The average molecular weight is 207 g/mol. The van der Waals surface area contributed by atoms with Crippen LogP contribution in [0.3, 0.4) is 0 Å². The first-order valence-corrected chi connectivity index (χ1v) is 4.94. The number of allylic oxidation sites excluding steroid dienone is 2. The molecule has 1 aliphatic heterocycles. The number of hydrogen-bond acceptors (Lipinski definition) is 3. The van der Waals surface area contributed by atoms with E-state index in [2.05, 4.69) is 11.1 Å². The molecule has 0 saturated carbocycles. The number of carboxylic acids is 1. The second-order valence-electron chi connectivity index (χ2n) is 3.68. The fraction of sp³-hybridized carbons (Fsp3) is 0.455. The van der Waals surface area contributed by atoms with E-state index in [0.717, 1.165) is 17.7 Å². The zero-order valence-electron chi connectivity index (χ0n) is 8.56. The number of aliphatic carboxylic acids is 1. The predicted octanol–water partition coefficient (Wildman–Crippen LogP) is 1.53. The lowest BCUT2D eigenvalue weighted by Gasteiger charge is -2.24. The van der Waals surface area contributed by atoms with Crippen LogP contribution in [0.2, 0.25) is 0 Å². The number of fused-ring (bicyclic) bond motifs is 1. The van der Waals surface area contributed by atoms with Crippen LogP contribution in [-0.2, 0) is 9.53 Å². The molecule has 0 aromatic heterocycles. The van der Waals surface area contributed by atoms with Gasteiger partial charge in [0.1, 0.15) is 5.70 Å². The molecule has 1 atom stereocenters. The van der Waals surface area contributed by atoms with Gasteiger partial charge in [0.2, 0.25) is 0 Å². The molecule has 0 bridgehead atoms. The second-order valence-corrected chi connectivity index (χ2v) is 3.68. The molecule has 2 rings (SSSR count). The Hall–Kier alpha value is -1.42. The summed E-state index contributed by atoms with van der Waals surface area (Å²) in [6.07, 6.45) is 6.17. The molecule has 0 aromatic carbocycles. The summed E-state index contributed by atoms with van der Waals surface area (Å²) in [4.78, 5) is 14.9. The summed E-state index contributed by atoms with van der Waals surface area (Å²) >= 11 is 0. The van der Waals surface area contributed by atoms with E-state index in [1.54, 1.807) is 13.2 Å². The van der Waals surface area contributed by atoms with Crippen LogP contribution in [0.15, 0.2) is 28.4 Å². The Labute approximate surface area is 88.0 Å². The molecule has 80 valence electrons. The number of rotatable bonds is 2. The van der Waals surface area contributed by atoms with Crippen LogP contribution in [0, 0.1) is 0 Å². The van der Waals surface area contributed by atoms with Gasteiger partial charge in [0.05, 0.1) is 6.10 Å². The van der Waals surface area contributed by atoms with Gasteiger partial charge in [-0.2, -0.15) is 0 Å². The Bertz CT molecular complexity index is 379. The lowest BCUT2D eigenvalue weighted by molar-refractivity contribution is -0.132. The van der Waals surface area contributed by atoms with Crippen molar-refractivity contribution in [1.82, 2.24) is 0 Å². The molecular formula is C11H13NO3. The van der Waals surface area contributed by atoms with Crippen LogP contribution in [0.4, 0.5) is 0 Å². The first-order chi connectivity index (χ1) is 7.20. The van der Waals surface area contributed by atoms with Gasteiger partial charge in [-0.15, -0.1) is 0 Å². The smallest absolute Gasteiger partial charge is 0.354 e. The van der Waals surface area contributed by atoms with Crippen molar-refractivity contribution in [2.45, 2.75) is 25.4 Å². The van der Waals surface area contributed by atoms with Gasteiger partial charge < -0.3 is 9.84 Å². The fourth-order valence-corrected chi connectivity index (χ4v) is 1.85. The minimum absolute atomic E-state index is 0.139. The number of carbonyl (C=O) groups is 1. The molecule has 4 heteroatoms. The summed E-state index contributed by atoms with van der Waals surface area (Å²) in [5, 5.41) is 8.83. The van der Waals surface area contributed by atoms with Gasteiger partial charge in [-0.1, -0.05) is 6.08 Å². The minimum Gasteiger partial charge on any atom is -0.477 e. The predicted molar refractivity (Wildman–Crippen MR) is 55.9 cm³/mol. The number of ether oxygens (including phenoxy) is 1. The maximum Gasteiger partial charge on any atom is 0.354 e. The van der Waals surface area contributed by atoms with Gasteiger partial charge in [-0.05, 0) is 24.5 Å². The molecule has 1 N–H and O–H groups in total.